The Morgan fingerprint density at radius 3 is 2.70 bits per heavy atom. The second kappa shape index (κ2) is 6.58. The van der Waals surface area contributed by atoms with Gasteiger partial charge in [0.25, 0.3) is 0 Å². The zero-order valence-corrected chi connectivity index (χ0v) is 13.1. The summed E-state index contributed by atoms with van der Waals surface area (Å²) in [5.74, 6) is -1.07. The summed E-state index contributed by atoms with van der Waals surface area (Å²) in [4.78, 5) is 25.6. The van der Waals surface area contributed by atoms with Crippen molar-refractivity contribution in [2.75, 3.05) is 20.3 Å². The Bertz CT molecular complexity index is 579. The fraction of sp³-hybridized carbons (Fsp3) is 0.529. The molecule has 2 aliphatic heterocycles. The quantitative estimate of drug-likeness (QED) is 0.896. The van der Waals surface area contributed by atoms with Crippen LogP contribution >= 0.6 is 0 Å². The van der Waals surface area contributed by atoms with Crippen LogP contribution in [0.4, 0.5) is 0 Å². The molecule has 0 unspecified atom stereocenters. The molecule has 124 valence electrons. The number of methoxy groups -OCH3 is 1. The van der Waals surface area contributed by atoms with E-state index in [4.69, 9.17) is 9.47 Å². The molecule has 0 saturated carbocycles. The van der Waals surface area contributed by atoms with Crippen LogP contribution in [0.5, 0.6) is 5.75 Å². The first-order chi connectivity index (χ1) is 11.1. The lowest BCUT2D eigenvalue weighted by molar-refractivity contribution is -0.142. The van der Waals surface area contributed by atoms with Gasteiger partial charge in [0.15, 0.2) is 0 Å². The van der Waals surface area contributed by atoms with E-state index >= 15 is 0 Å². The van der Waals surface area contributed by atoms with Gasteiger partial charge < -0.3 is 19.5 Å². The number of benzene rings is 1. The molecule has 2 saturated heterocycles. The van der Waals surface area contributed by atoms with Crippen molar-refractivity contribution in [3.05, 3.63) is 29.8 Å². The highest BCUT2D eigenvalue weighted by Gasteiger charge is 2.45. The number of nitrogens with zero attached hydrogens (tertiary/aromatic N) is 1. The molecule has 0 aliphatic carbocycles. The number of aliphatic carboxylic acids is 1. The molecule has 2 fully saturated rings. The van der Waals surface area contributed by atoms with Gasteiger partial charge in [-0.3, -0.25) is 9.59 Å². The smallest absolute Gasteiger partial charge is 0.309 e. The van der Waals surface area contributed by atoms with Gasteiger partial charge in [-0.2, -0.15) is 0 Å². The molecule has 1 N–H and O–H groups in total. The zero-order valence-electron chi connectivity index (χ0n) is 13.1. The normalized spacial score (nSPS) is 27.4. The van der Waals surface area contributed by atoms with E-state index in [2.05, 4.69) is 0 Å². The molecule has 0 bridgehead atoms. The van der Waals surface area contributed by atoms with Crippen LogP contribution in [0.3, 0.4) is 0 Å². The summed E-state index contributed by atoms with van der Waals surface area (Å²) < 4.78 is 10.8. The van der Waals surface area contributed by atoms with Gasteiger partial charge in [-0.1, -0.05) is 12.1 Å². The van der Waals surface area contributed by atoms with E-state index < -0.39 is 17.9 Å². The third-order valence-electron chi connectivity index (χ3n) is 4.63. The number of hydrogen-bond donors (Lipinski definition) is 1. The molecule has 0 aromatic heterocycles. The minimum atomic E-state index is -0.936. The minimum absolute atomic E-state index is 0.00671. The van der Waals surface area contributed by atoms with Crippen molar-refractivity contribution < 1.29 is 24.2 Å². The highest BCUT2D eigenvalue weighted by atomic mass is 16.5. The predicted octanol–water partition coefficient (Wildman–Crippen LogP) is 1.85. The largest absolute Gasteiger partial charge is 0.497 e. The maximum Gasteiger partial charge on any atom is 0.309 e. The van der Waals surface area contributed by atoms with Crippen LogP contribution in [-0.4, -0.2) is 48.2 Å². The average Bonchev–Trinajstić information content (AvgIpc) is 3.17. The molecule has 0 spiro atoms. The Kier molecular flexibility index (Phi) is 4.52. The van der Waals surface area contributed by atoms with Crippen molar-refractivity contribution >= 4 is 11.9 Å². The van der Waals surface area contributed by atoms with Gasteiger partial charge in [0.2, 0.25) is 5.91 Å². The second-order valence-electron chi connectivity index (χ2n) is 6.05. The standard InChI is InChI=1S/C17H21NO5/c1-22-12-6-4-11(5-7-12)16-14(17(20)21)9-15(19)18(16)10-13-3-2-8-23-13/h4-7,13-14,16H,2-3,8-10H2,1H3,(H,20,21)/t13-,14+,16+/m0/s1. The summed E-state index contributed by atoms with van der Waals surface area (Å²) in [6.45, 7) is 1.17. The number of carboxylic acid groups (broad SMARTS) is 1. The van der Waals surface area contributed by atoms with Crippen molar-refractivity contribution in [2.24, 2.45) is 5.92 Å². The van der Waals surface area contributed by atoms with E-state index in [1.165, 1.54) is 0 Å². The van der Waals surface area contributed by atoms with Crippen molar-refractivity contribution in [1.29, 1.82) is 0 Å². The maximum atomic E-state index is 12.4. The molecule has 1 aromatic rings. The van der Waals surface area contributed by atoms with Crippen LogP contribution in [0.2, 0.25) is 0 Å². The predicted molar refractivity (Wildman–Crippen MR) is 82.2 cm³/mol. The molecule has 6 heteroatoms. The Morgan fingerprint density at radius 2 is 2.13 bits per heavy atom. The zero-order chi connectivity index (χ0) is 16.4. The first-order valence-electron chi connectivity index (χ1n) is 7.88. The number of ether oxygens (including phenoxy) is 2. The number of carbonyl (C=O) groups is 2. The summed E-state index contributed by atoms with van der Waals surface area (Å²) in [6, 6.07) is 6.80. The van der Waals surface area contributed by atoms with Crippen molar-refractivity contribution in [1.82, 2.24) is 4.90 Å². The van der Waals surface area contributed by atoms with Crippen molar-refractivity contribution in [3.63, 3.8) is 0 Å². The second-order valence-corrected chi connectivity index (χ2v) is 6.05. The lowest BCUT2D eigenvalue weighted by atomic mass is 9.93. The lowest BCUT2D eigenvalue weighted by Crippen LogP contribution is -2.36. The molecule has 2 heterocycles. The van der Waals surface area contributed by atoms with Crippen LogP contribution in [0.25, 0.3) is 0 Å². The summed E-state index contributed by atoms with van der Waals surface area (Å²) in [7, 11) is 1.58. The Balaban J connectivity index is 1.87. The van der Waals surface area contributed by atoms with E-state index in [0.717, 1.165) is 18.4 Å². The molecule has 6 nitrogen and oxygen atoms in total. The molecule has 1 aromatic carbocycles. The van der Waals surface area contributed by atoms with Crippen LogP contribution < -0.4 is 4.74 Å². The third-order valence-corrected chi connectivity index (χ3v) is 4.63. The van der Waals surface area contributed by atoms with Gasteiger partial charge in [-0.05, 0) is 30.5 Å². The van der Waals surface area contributed by atoms with E-state index in [0.29, 0.717) is 18.9 Å². The van der Waals surface area contributed by atoms with Crippen molar-refractivity contribution in [3.8, 4) is 5.75 Å². The number of carbonyl (C=O) groups excluding carboxylic acids is 1. The highest BCUT2D eigenvalue weighted by molar-refractivity contribution is 5.87. The van der Waals surface area contributed by atoms with Crippen LogP contribution in [0.1, 0.15) is 30.9 Å². The number of amides is 1. The topological polar surface area (TPSA) is 76.1 Å². The first kappa shape index (κ1) is 15.8. The van der Waals surface area contributed by atoms with Gasteiger partial charge in [-0.25, -0.2) is 0 Å². The molecule has 1 amide bonds. The number of rotatable bonds is 5. The monoisotopic (exact) mass is 319 g/mol. The fourth-order valence-corrected chi connectivity index (χ4v) is 3.45. The lowest BCUT2D eigenvalue weighted by Gasteiger charge is -2.29. The van der Waals surface area contributed by atoms with Gasteiger partial charge in [0.1, 0.15) is 5.75 Å². The van der Waals surface area contributed by atoms with Gasteiger partial charge in [0, 0.05) is 19.6 Å². The Labute approximate surface area is 135 Å². The third kappa shape index (κ3) is 3.17. The van der Waals surface area contributed by atoms with Gasteiger partial charge >= 0.3 is 5.97 Å². The number of hydrogen-bond acceptors (Lipinski definition) is 4. The molecular weight excluding hydrogens is 298 g/mol. The maximum absolute atomic E-state index is 12.4. The van der Waals surface area contributed by atoms with E-state index in [1.54, 1.807) is 24.1 Å². The van der Waals surface area contributed by atoms with Crippen LogP contribution in [0.15, 0.2) is 24.3 Å². The summed E-state index contributed by atoms with van der Waals surface area (Å²) in [5.41, 5.74) is 0.821. The Morgan fingerprint density at radius 1 is 1.39 bits per heavy atom. The van der Waals surface area contributed by atoms with Gasteiger partial charge in [0.05, 0.1) is 25.2 Å². The van der Waals surface area contributed by atoms with Crippen LogP contribution in [0, 0.1) is 5.92 Å². The average molecular weight is 319 g/mol. The van der Waals surface area contributed by atoms with Crippen LogP contribution in [-0.2, 0) is 14.3 Å². The van der Waals surface area contributed by atoms with Gasteiger partial charge in [-0.15, -0.1) is 0 Å². The van der Waals surface area contributed by atoms with E-state index in [1.807, 2.05) is 12.1 Å². The van der Waals surface area contributed by atoms with Crippen molar-refractivity contribution in [2.45, 2.75) is 31.4 Å². The molecular formula is C17H21NO5. The Hall–Kier alpha value is -2.08. The minimum Gasteiger partial charge on any atom is -0.497 e. The SMILES string of the molecule is COc1ccc([C@@H]2[C@H](C(=O)O)CC(=O)N2C[C@@H]2CCCO2)cc1. The highest BCUT2D eigenvalue weighted by Crippen LogP contribution is 2.39. The molecule has 0 radical (unpaired) electrons. The molecule has 3 atom stereocenters. The summed E-state index contributed by atoms with van der Waals surface area (Å²) in [6.07, 6.45) is 1.95. The summed E-state index contributed by atoms with van der Waals surface area (Å²) in [5, 5.41) is 9.51. The fourth-order valence-electron chi connectivity index (χ4n) is 3.45. The molecule has 3 rings (SSSR count). The summed E-state index contributed by atoms with van der Waals surface area (Å²) >= 11 is 0. The first-order valence-corrected chi connectivity index (χ1v) is 7.88. The van der Waals surface area contributed by atoms with E-state index in [-0.39, 0.29) is 18.4 Å². The molecule has 2 aliphatic rings. The molecule has 23 heavy (non-hydrogen) atoms. The number of carboxylic acids is 1. The van der Waals surface area contributed by atoms with E-state index in [9.17, 15) is 14.7 Å². The number of likely N-dealkylation sites (tertiary alicyclic amines) is 1.